The van der Waals surface area contributed by atoms with E-state index in [-0.39, 0.29) is 22.1 Å². The maximum Gasteiger partial charge on any atom is 0.337 e. The molecule has 0 aliphatic heterocycles. The van der Waals surface area contributed by atoms with Crippen LogP contribution in [0.25, 0.3) is 0 Å². The molecule has 3 N–H and O–H groups in total. The highest BCUT2D eigenvalue weighted by atomic mass is 79.9. The number of rotatable bonds is 4. The van der Waals surface area contributed by atoms with Crippen LogP contribution in [0.4, 0.5) is 0 Å². The Kier molecular flexibility index (Phi) is 6.65. The molecule has 0 radical (unpaired) electrons. The summed E-state index contributed by atoms with van der Waals surface area (Å²) in [6.07, 6.45) is -0.728. The van der Waals surface area contributed by atoms with Gasteiger partial charge in [-0.15, -0.1) is 0 Å². The molecule has 0 unspecified atom stereocenters. The monoisotopic (exact) mass is 535 g/mol. The highest BCUT2D eigenvalue weighted by Gasteiger charge is 2.27. The van der Waals surface area contributed by atoms with Crippen LogP contribution in [0.15, 0.2) is 17.9 Å². The molecule has 1 aromatic carbocycles. The van der Waals surface area contributed by atoms with E-state index in [1.807, 2.05) is 0 Å². The van der Waals surface area contributed by atoms with Gasteiger partial charge in [0.2, 0.25) is 0 Å². The van der Waals surface area contributed by atoms with Gasteiger partial charge in [-0.3, -0.25) is 4.79 Å². The van der Waals surface area contributed by atoms with Gasteiger partial charge >= 0.3 is 5.97 Å². The summed E-state index contributed by atoms with van der Waals surface area (Å²) in [4.78, 5) is 23.5. The van der Waals surface area contributed by atoms with Crippen LogP contribution < -0.4 is 5.32 Å². The Balaban J connectivity index is 3.44. The number of hydrogen-bond donors (Lipinski definition) is 3. The summed E-state index contributed by atoms with van der Waals surface area (Å²) in [6.45, 7) is 1.54. The van der Waals surface area contributed by atoms with Crippen LogP contribution in [0.3, 0.4) is 0 Å². The number of amides is 1. The summed E-state index contributed by atoms with van der Waals surface area (Å²) >= 11 is 12.9. The highest BCUT2D eigenvalue weighted by Crippen LogP contribution is 2.42. The second kappa shape index (κ2) is 7.35. The van der Waals surface area contributed by atoms with Crippen LogP contribution in [0, 0.1) is 0 Å². The van der Waals surface area contributed by atoms with E-state index in [4.69, 9.17) is 0 Å². The molecular weight excluding hydrogens is 530 g/mol. The van der Waals surface area contributed by atoms with Crippen molar-refractivity contribution in [3.63, 3.8) is 0 Å². The molecule has 110 valence electrons. The first-order valence-electron chi connectivity index (χ1n) is 5.24. The van der Waals surface area contributed by atoms with E-state index in [1.54, 1.807) is 0 Å². The third kappa shape index (κ3) is 3.82. The minimum Gasteiger partial charge on any atom is -0.478 e. The van der Waals surface area contributed by atoms with Crippen LogP contribution in [-0.2, 0) is 0 Å². The molecule has 1 atom stereocenters. The van der Waals surface area contributed by atoms with Gasteiger partial charge in [-0.2, -0.15) is 0 Å². The highest BCUT2D eigenvalue weighted by molar-refractivity contribution is 9.15. The molecule has 0 saturated carbocycles. The number of carbonyl (C=O) groups excluding carboxylic acids is 1. The van der Waals surface area contributed by atoms with Crippen molar-refractivity contribution in [1.29, 1.82) is 0 Å². The Labute approximate surface area is 148 Å². The summed E-state index contributed by atoms with van der Waals surface area (Å²) < 4.78 is 1.56. The Morgan fingerprint density at radius 3 is 1.90 bits per heavy atom. The third-order valence-corrected chi connectivity index (χ3v) is 7.03. The first-order chi connectivity index (χ1) is 9.18. The van der Waals surface area contributed by atoms with Crippen LogP contribution in [0.5, 0.6) is 0 Å². The average Bonchev–Trinajstić information content (AvgIpc) is 2.36. The number of carboxylic acid groups (broad SMARTS) is 1. The zero-order valence-electron chi connectivity index (χ0n) is 10.0. The molecule has 1 aromatic rings. The smallest absolute Gasteiger partial charge is 0.337 e. The normalized spacial score (nSPS) is 12.1. The standard InChI is InChI=1S/C11H9Br4NO4/c1-3(17)2-16-10(18)4-5(11(19)20)7(13)9(15)8(14)6(4)12/h3,17H,2H2,1H3,(H,16,18)(H,19,20)/t3-/m0/s1. The topological polar surface area (TPSA) is 86.6 Å². The second-order valence-electron chi connectivity index (χ2n) is 3.87. The van der Waals surface area contributed by atoms with Gasteiger partial charge in [0.1, 0.15) is 0 Å². The molecule has 0 bridgehead atoms. The molecule has 0 aliphatic carbocycles. The molecule has 0 spiro atoms. The van der Waals surface area contributed by atoms with Crippen molar-refractivity contribution in [3.8, 4) is 0 Å². The van der Waals surface area contributed by atoms with Crippen molar-refractivity contribution >= 4 is 75.6 Å². The first-order valence-corrected chi connectivity index (χ1v) is 8.41. The number of benzene rings is 1. The lowest BCUT2D eigenvalue weighted by Gasteiger charge is -2.15. The van der Waals surface area contributed by atoms with E-state index in [0.717, 1.165) is 0 Å². The molecule has 9 heteroatoms. The lowest BCUT2D eigenvalue weighted by atomic mass is 10.1. The number of carbonyl (C=O) groups is 2. The van der Waals surface area contributed by atoms with Gasteiger partial charge in [-0.25, -0.2) is 4.79 Å². The fourth-order valence-corrected chi connectivity index (χ4v) is 3.84. The largest absolute Gasteiger partial charge is 0.478 e. The average molecular weight is 539 g/mol. The quantitative estimate of drug-likeness (QED) is 0.404. The minimum absolute atomic E-state index is 0.0234. The Hall–Kier alpha value is 0.0400. The van der Waals surface area contributed by atoms with Gasteiger partial charge in [0.05, 0.1) is 17.2 Å². The van der Waals surface area contributed by atoms with E-state index < -0.39 is 18.0 Å². The third-order valence-electron chi connectivity index (χ3n) is 2.27. The molecule has 0 fully saturated rings. The summed E-state index contributed by atoms with van der Waals surface area (Å²) in [5.74, 6) is -1.84. The van der Waals surface area contributed by atoms with Gasteiger partial charge in [-0.05, 0) is 70.6 Å². The number of hydrogen-bond acceptors (Lipinski definition) is 3. The predicted octanol–water partition coefficient (Wildman–Crippen LogP) is 3.55. The van der Waals surface area contributed by atoms with E-state index in [0.29, 0.717) is 13.4 Å². The van der Waals surface area contributed by atoms with Crippen LogP contribution >= 0.6 is 63.7 Å². The Morgan fingerprint density at radius 1 is 1.05 bits per heavy atom. The fourth-order valence-electron chi connectivity index (χ4n) is 1.37. The molecule has 1 amide bonds. The summed E-state index contributed by atoms with van der Waals surface area (Å²) in [6, 6.07) is 0. The zero-order valence-corrected chi connectivity index (χ0v) is 16.4. The van der Waals surface area contributed by atoms with E-state index in [1.165, 1.54) is 6.92 Å². The van der Waals surface area contributed by atoms with Crippen molar-refractivity contribution in [2.45, 2.75) is 13.0 Å². The van der Waals surface area contributed by atoms with Gasteiger partial charge in [-0.1, -0.05) is 0 Å². The molecule has 0 aromatic heterocycles. The second-order valence-corrected chi connectivity index (χ2v) is 7.04. The number of aromatic carboxylic acids is 1. The number of aliphatic hydroxyl groups excluding tert-OH is 1. The summed E-state index contributed by atoms with van der Waals surface area (Å²) in [7, 11) is 0. The molecular formula is C11H9Br4NO4. The van der Waals surface area contributed by atoms with E-state index >= 15 is 0 Å². The van der Waals surface area contributed by atoms with Crippen LogP contribution in [0.2, 0.25) is 0 Å². The van der Waals surface area contributed by atoms with Crippen molar-refractivity contribution in [2.75, 3.05) is 6.54 Å². The van der Waals surface area contributed by atoms with Gasteiger partial charge in [0.25, 0.3) is 5.91 Å². The van der Waals surface area contributed by atoms with E-state index in [9.17, 15) is 19.8 Å². The number of carboxylic acids is 1. The number of nitrogens with one attached hydrogen (secondary N) is 1. The predicted molar refractivity (Wildman–Crippen MR) is 88.2 cm³/mol. The SMILES string of the molecule is C[C@H](O)CNC(=O)c1c(Br)c(Br)c(Br)c(Br)c1C(=O)O. The van der Waals surface area contributed by atoms with Gasteiger partial charge < -0.3 is 15.5 Å². The van der Waals surface area contributed by atoms with Crippen LogP contribution in [0.1, 0.15) is 27.6 Å². The summed E-state index contributed by atoms with van der Waals surface area (Å²) in [5, 5.41) is 20.9. The minimum atomic E-state index is -1.24. The van der Waals surface area contributed by atoms with Crippen molar-refractivity contribution in [1.82, 2.24) is 5.32 Å². The van der Waals surface area contributed by atoms with Crippen LogP contribution in [-0.4, -0.2) is 34.7 Å². The lowest BCUT2D eigenvalue weighted by Crippen LogP contribution is -2.32. The number of aliphatic hydroxyl groups is 1. The fraction of sp³-hybridized carbons (Fsp3) is 0.273. The molecule has 20 heavy (non-hydrogen) atoms. The molecule has 0 saturated heterocycles. The van der Waals surface area contributed by atoms with Crippen molar-refractivity contribution in [3.05, 3.63) is 29.0 Å². The number of halogens is 4. The van der Waals surface area contributed by atoms with Crippen molar-refractivity contribution in [2.24, 2.45) is 0 Å². The van der Waals surface area contributed by atoms with Gasteiger partial charge in [0, 0.05) is 24.4 Å². The molecule has 0 aliphatic rings. The Bertz CT molecular complexity index is 574. The molecule has 0 heterocycles. The Morgan fingerprint density at radius 2 is 1.50 bits per heavy atom. The maximum atomic E-state index is 12.1. The maximum absolute atomic E-state index is 12.1. The zero-order chi connectivity index (χ0) is 15.6. The molecule has 5 nitrogen and oxygen atoms in total. The van der Waals surface area contributed by atoms with Crippen molar-refractivity contribution < 1.29 is 19.8 Å². The van der Waals surface area contributed by atoms with Gasteiger partial charge in [0.15, 0.2) is 0 Å². The summed E-state index contributed by atoms with van der Waals surface area (Å²) in [5.41, 5.74) is -0.199. The molecule has 1 rings (SSSR count). The van der Waals surface area contributed by atoms with E-state index in [2.05, 4.69) is 69.0 Å². The first kappa shape index (κ1) is 18.1. The lowest BCUT2D eigenvalue weighted by molar-refractivity contribution is 0.0689.